The van der Waals surface area contributed by atoms with E-state index in [-0.39, 0.29) is 42.7 Å². The maximum atomic E-state index is 13.7. The molecular weight excluding hydrogens is 440 g/mol. The SMILES string of the molecule is O=C(c1ccco1)N1CCN(S(=O)(=O)c2cn(-c3ccccc3)nc2-c2ccccc2)CC1. The number of aromatic nitrogens is 2. The molecule has 0 spiro atoms. The third-order valence-corrected chi connectivity index (χ3v) is 7.52. The minimum absolute atomic E-state index is 0.142. The van der Waals surface area contributed by atoms with Crippen molar-refractivity contribution in [2.75, 3.05) is 26.2 Å². The zero-order valence-corrected chi connectivity index (χ0v) is 18.6. The molecule has 0 aliphatic carbocycles. The molecule has 0 saturated carbocycles. The molecular formula is C24H22N4O4S. The molecule has 0 bridgehead atoms. The summed E-state index contributed by atoms with van der Waals surface area (Å²) in [5.41, 5.74) is 1.89. The van der Waals surface area contributed by atoms with Crippen LogP contribution in [-0.2, 0) is 10.0 Å². The number of rotatable bonds is 5. The van der Waals surface area contributed by atoms with Crippen LogP contribution < -0.4 is 0 Å². The Morgan fingerprint density at radius 2 is 1.52 bits per heavy atom. The first kappa shape index (κ1) is 21.2. The lowest BCUT2D eigenvalue weighted by molar-refractivity contribution is 0.0666. The normalized spacial score (nSPS) is 15.0. The van der Waals surface area contributed by atoms with E-state index in [1.165, 1.54) is 10.6 Å². The van der Waals surface area contributed by atoms with Crippen LogP contribution in [0.5, 0.6) is 0 Å². The van der Waals surface area contributed by atoms with E-state index in [1.54, 1.807) is 27.9 Å². The van der Waals surface area contributed by atoms with Crippen molar-refractivity contribution < 1.29 is 17.6 Å². The molecule has 1 fully saturated rings. The van der Waals surface area contributed by atoms with Crippen molar-refractivity contribution in [2.24, 2.45) is 0 Å². The predicted octanol–water partition coefficient (Wildman–Crippen LogP) is 3.28. The molecule has 0 atom stereocenters. The molecule has 9 heteroatoms. The van der Waals surface area contributed by atoms with Crippen LogP contribution in [0.3, 0.4) is 0 Å². The van der Waals surface area contributed by atoms with Crippen LogP contribution in [0, 0.1) is 0 Å². The highest BCUT2D eigenvalue weighted by atomic mass is 32.2. The second kappa shape index (κ2) is 8.68. The van der Waals surface area contributed by atoms with E-state index in [9.17, 15) is 13.2 Å². The molecule has 1 saturated heterocycles. The fourth-order valence-corrected chi connectivity index (χ4v) is 5.44. The zero-order valence-electron chi connectivity index (χ0n) is 17.7. The maximum absolute atomic E-state index is 13.7. The van der Waals surface area contributed by atoms with Gasteiger partial charge >= 0.3 is 0 Å². The minimum atomic E-state index is -3.84. The molecule has 2 aromatic heterocycles. The van der Waals surface area contributed by atoms with E-state index in [1.807, 2.05) is 60.7 Å². The summed E-state index contributed by atoms with van der Waals surface area (Å²) in [4.78, 5) is 14.3. The number of carbonyl (C=O) groups excluding carboxylic acids is 1. The molecule has 168 valence electrons. The Morgan fingerprint density at radius 3 is 2.15 bits per heavy atom. The minimum Gasteiger partial charge on any atom is -0.459 e. The lowest BCUT2D eigenvalue weighted by Gasteiger charge is -2.33. The number of para-hydroxylation sites is 1. The van der Waals surface area contributed by atoms with E-state index in [2.05, 4.69) is 5.10 Å². The van der Waals surface area contributed by atoms with Gasteiger partial charge in [-0.3, -0.25) is 4.79 Å². The summed E-state index contributed by atoms with van der Waals surface area (Å²) in [6.07, 6.45) is 3.01. The van der Waals surface area contributed by atoms with Gasteiger partial charge in [-0.1, -0.05) is 48.5 Å². The van der Waals surface area contributed by atoms with E-state index >= 15 is 0 Å². The molecule has 0 unspecified atom stereocenters. The molecule has 5 rings (SSSR count). The molecule has 0 N–H and O–H groups in total. The highest BCUT2D eigenvalue weighted by molar-refractivity contribution is 7.89. The van der Waals surface area contributed by atoms with Gasteiger partial charge in [0.25, 0.3) is 5.91 Å². The summed E-state index contributed by atoms with van der Waals surface area (Å²) in [6.45, 7) is 0.956. The number of sulfonamides is 1. The van der Waals surface area contributed by atoms with Crippen LogP contribution >= 0.6 is 0 Å². The highest BCUT2D eigenvalue weighted by Crippen LogP contribution is 2.30. The third kappa shape index (κ3) is 4.08. The topological polar surface area (TPSA) is 88.7 Å². The van der Waals surface area contributed by atoms with Crippen LogP contribution in [0.4, 0.5) is 0 Å². The Morgan fingerprint density at radius 1 is 0.848 bits per heavy atom. The quantitative estimate of drug-likeness (QED) is 0.454. The summed E-state index contributed by atoms with van der Waals surface area (Å²) in [6, 6.07) is 21.9. The van der Waals surface area contributed by atoms with Crippen molar-refractivity contribution in [1.82, 2.24) is 19.0 Å². The predicted molar refractivity (Wildman–Crippen MR) is 122 cm³/mol. The van der Waals surface area contributed by atoms with Gasteiger partial charge in [-0.2, -0.15) is 9.40 Å². The molecule has 1 aliphatic rings. The molecule has 4 aromatic rings. The lowest BCUT2D eigenvalue weighted by Crippen LogP contribution is -2.50. The van der Waals surface area contributed by atoms with Crippen LogP contribution in [-0.4, -0.2) is 59.5 Å². The van der Waals surface area contributed by atoms with Gasteiger partial charge in [0, 0.05) is 31.7 Å². The lowest BCUT2D eigenvalue weighted by atomic mass is 10.2. The number of piperazine rings is 1. The first-order valence-electron chi connectivity index (χ1n) is 10.6. The van der Waals surface area contributed by atoms with Gasteiger partial charge in [0.15, 0.2) is 5.76 Å². The number of amides is 1. The Kier molecular flexibility index (Phi) is 5.57. The number of carbonyl (C=O) groups is 1. The molecule has 8 nitrogen and oxygen atoms in total. The van der Waals surface area contributed by atoms with E-state index < -0.39 is 10.0 Å². The van der Waals surface area contributed by atoms with Crippen molar-refractivity contribution in [3.63, 3.8) is 0 Å². The van der Waals surface area contributed by atoms with Gasteiger partial charge < -0.3 is 9.32 Å². The van der Waals surface area contributed by atoms with Gasteiger partial charge in [-0.15, -0.1) is 0 Å². The van der Waals surface area contributed by atoms with Crippen molar-refractivity contribution in [1.29, 1.82) is 0 Å². The van der Waals surface area contributed by atoms with Crippen LogP contribution in [0.1, 0.15) is 10.6 Å². The van der Waals surface area contributed by atoms with Crippen LogP contribution in [0.25, 0.3) is 16.9 Å². The second-order valence-electron chi connectivity index (χ2n) is 7.66. The van der Waals surface area contributed by atoms with Gasteiger partial charge in [0.1, 0.15) is 10.6 Å². The summed E-state index contributed by atoms with van der Waals surface area (Å²) < 4.78 is 35.6. The zero-order chi connectivity index (χ0) is 22.8. The van der Waals surface area contributed by atoms with E-state index in [0.717, 1.165) is 11.3 Å². The average Bonchev–Trinajstić information content (AvgIpc) is 3.56. The van der Waals surface area contributed by atoms with E-state index in [0.29, 0.717) is 5.69 Å². The molecule has 3 heterocycles. The van der Waals surface area contributed by atoms with Gasteiger partial charge in [0.2, 0.25) is 10.0 Å². The summed E-state index contributed by atoms with van der Waals surface area (Å²) in [5, 5.41) is 4.62. The Labute approximate surface area is 191 Å². The monoisotopic (exact) mass is 462 g/mol. The molecule has 2 aromatic carbocycles. The Balaban J connectivity index is 1.45. The Bertz CT molecular complexity index is 1340. The number of benzene rings is 2. The molecule has 33 heavy (non-hydrogen) atoms. The number of hydrogen-bond donors (Lipinski definition) is 0. The highest BCUT2D eigenvalue weighted by Gasteiger charge is 2.34. The van der Waals surface area contributed by atoms with Gasteiger partial charge in [0.05, 0.1) is 18.1 Å². The van der Waals surface area contributed by atoms with Crippen molar-refractivity contribution in [3.05, 3.63) is 91.0 Å². The second-order valence-corrected chi connectivity index (χ2v) is 9.57. The fourth-order valence-electron chi connectivity index (χ4n) is 3.88. The van der Waals surface area contributed by atoms with Crippen LogP contribution in [0.2, 0.25) is 0 Å². The van der Waals surface area contributed by atoms with Crippen molar-refractivity contribution in [2.45, 2.75) is 4.90 Å². The van der Waals surface area contributed by atoms with Crippen LogP contribution in [0.15, 0.2) is 94.6 Å². The Hall–Kier alpha value is -3.69. The third-order valence-electron chi connectivity index (χ3n) is 5.62. The standard InChI is InChI=1S/C24H22N4O4S/c29-24(21-12-7-17-32-21)26-13-15-27(16-14-26)33(30,31)22-18-28(20-10-5-2-6-11-20)25-23(22)19-8-3-1-4-9-19/h1-12,17-18H,13-16H2. The fraction of sp³-hybridized carbons (Fsp3) is 0.167. The largest absolute Gasteiger partial charge is 0.459 e. The summed E-state index contributed by atoms with van der Waals surface area (Å²) in [7, 11) is -3.84. The van der Waals surface area contributed by atoms with Crippen molar-refractivity contribution >= 4 is 15.9 Å². The smallest absolute Gasteiger partial charge is 0.289 e. The number of furan rings is 1. The molecule has 0 radical (unpaired) electrons. The van der Waals surface area contributed by atoms with Crippen molar-refractivity contribution in [3.8, 4) is 16.9 Å². The first-order chi connectivity index (χ1) is 16.0. The molecule has 1 amide bonds. The van der Waals surface area contributed by atoms with Gasteiger partial charge in [-0.05, 0) is 24.3 Å². The van der Waals surface area contributed by atoms with E-state index in [4.69, 9.17) is 4.42 Å². The maximum Gasteiger partial charge on any atom is 0.289 e. The average molecular weight is 463 g/mol. The first-order valence-corrected chi connectivity index (χ1v) is 12.0. The number of nitrogens with zero attached hydrogens (tertiary/aromatic N) is 4. The van der Waals surface area contributed by atoms with Gasteiger partial charge in [-0.25, -0.2) is 13.1 Å². The molecule has 1 aliphatic heterocycles. The summed E-state index contributed by atoms with van der Waals surface area (Å²) in [5.74, 6) is 0.0146. The summed E-state index contributed by atoms with van der Waals surface area (Å²) >= 11 is 0. The number of hydrogen-bond acceptors (Lipinski definition) is 5.